The highest BCUT2D eigenvalue weighted by molar-refractivity contribution is 5.81. The van der Waals surface area contributed by atoms with Crippen molar-refractivity contribution in [2.45, 2.75) is 45.3 Å². The Kier molecular flexibility index (Phi) is 4.90. The molecule has 0 aromatic heterocycles. The van der Waals surface area contributed by atoms with Crippen molar-refractivity contribution >= 4 is 11.6 Å². The minimum atomic E-state index is -0.409. The van der Waals surface area contributed by atoms with Crippen molar-refractivity contribution in [2.24, 2.45) is 0 Å². The second-order valence-electron chi connectivity index (χ2n) is 5.29. The summed E-state index contributed by atoms with van der Waals surface area (Å²) in [6.45, 7) is 4.45. The van der Waals surface area contributed by atoms with Crippen molar-refractivity contribution < 1.29 is 9.72 Å². The molecule has 1 aromatic carbocycles. The van der Waals surface area contributed by atoms with Crippen LogP contribution < -0.4 is 5.32 Å². The molecular weight excluding hydrogens is 270 g/mol. The fraction of sp³-hybridized carbons (Fsp3) is 0.533. The van der Waals surface area contributed by atoms with Gasteiger partial charge in [0.05, 0.1) is 11.5 Å². The summed E-state index contributed by atoms with van der Waals surface area (Å²) in [5, 5.41) is 14.1. The zero-order chi connectivity index (χ0) is 15.4. The van der Waals surface area contributed by atoms with Gasteiger partial charge in [-0.05, 0) is 18.4 Å². The van der Waals surface area contributed by atoms with E-state index in [-0.39, 0.29) is 30.3 Å². The van der Waals surface area contributed by atoms with E-state index in [1.165, 1.54) is 6.07 Å². The van der Waals surface area contributed by atoms with E-state index in [2.05, 4.69) is 19.2 Å². The smallest absolute Gasteiger partial charge is 0.269 e. The molecule has 1 fully saturated rings. The van der Waals surface area contributed by atoms with Gasteiger partial charge in [-0.25, -0.2) is 0 Å². The molecule has 114 valence electrons. The Morgan fingerprint density at radius 2 is 2.24 bits per heavy atom. The average molecular weight is 291 g/mol. The maximum Gasteiger partial charge on any atom is 0.269 e. The number of non-ortho nitro benzene ring substituents is 1. The highest BCUT2D eigenvalue weighted by Gasteiger charge is 2.36. The first-order chi connectivity index (χ1) is 10.1. The summed E-state index contributed by atoms with van der Waals surface area (Å²) in [6, 6.07) is 6.67. The predicted octanol–water partition coefficient (Wildman–Crippen LogP) is 2.60. The Balaban J connectivity index is 2.30. The molecule has 1 heterocycles. The number of benzene rings is 1. The Hall–Kier alpha value is -1.95. The molecule has 0 radical (unpaired) electrons. The number of hydrogen-bond donors (Lipinski definition) is 1. The van der Waals surface area contributed by atoms with Crippen LogP contribution in [0.4, 0.5) is 5.69 Å². The van der Waals surface area contributed by atoms with Gasteiger partial charge in [-0.2, -0.15) is 0 Å². The van der Waals surface area contributed by atoms with E-state index in [0.29, 0.717) is 0 Å². The quantitative estimate of drug-likeness (QED) is 0.645. The van der Waals surface area contributed by atoms with Gasteiger partial charge in [0.1, 0.15) is 6.17 Å². The number of nitrogens with zero attached hydrogens (tertiary/aromatic N) is 2. The number of hydrogen-bond acceptors (Lipinski definition) is 4. The third-order valence-electron chi connectivity index (χ3n) is 3.90. The molecule has 1 aromatic rings. The molecule has 0 spiro atoms. The molecule has 1 aliphatic heterocycles. The summed E-state index contributed by atoms with van der Waals surface area (Å²) in [5.74, 6) is 0.0619. The minimum Gasteiger partial charge on any atom is -0.319 e. The largest absolute Gasteiger partial charge is 0.319 e. The molecule has 2 atom stereocenters. The van der Waals surface area contributed by atoms with Crippen LogP contribution in [0.15, 0.2) is 24.3 Å². The summed E-state index contributed by atoms with van der Waals surface area (Å²) in [5.41, 5.74) is 0.821. The maximum atomic E-state index is 12.2. The summed E-state index contributed by atoms with van der Waals surface area (Å²) >= 11 is 0. The van der Waals surface area contributed by atoms with E-state index in [1.807, 2.05) is 11.0 Å². The Morgan fingerprint density at radius 1 is 1.48 bits per heavy atom. The van der Waals surface area contributed by atoms with Crippen molar-refractivity contribution in [1.29, 1.82) is 0 Å². The van der Waals surface area contributed by atoms with Crippen LogP contribution >= 0.6 is 0 Å². The van der Waals surface area contributed by atoms with Gasteiger partial charge in [0.25, 0.3) is 5.69 Å². The van der Waals surface area contributed by atoms with Crippen molar-refractivity contribution in [3.8, 4) is 0 Å². The minimum absolute atomic E-state index is 0.0529. The zero-order valence-electron chi connectivity index (χ0n) is 12.4. The molecule has 1 N–H and O–H groups in total. The first-order valence-electron chi connectivity index (χ1n) is 7.37. The van der Waals surface area contributed by atoms with E-state index < -0.39 is 4.92 Å². The van der Waals surface area contributed by atoms with E-state index in [4.69, 9.17) is 0 Å². The van der Waals surface area contributed by atoms with Gasteiger partial charge in [-0.3, -0.25) is 20.2 Å². The normalized spacial score (nSPS) is 19.8. The summed E-state index contributed by atoms with van der Waals surface area (Å²) < 4.78 is 0. The molecular formula is C15H21N3O3. The molecule has 6 heteroatoms. The summed E-state index contributed by atoms with van der Waals surface area (Å²) in [6.07, 6.45) is 2.56. The van der Waals surface area contributed by atoms with Gasteiger partial charge in [-0.1, -0.05) is 32.4 Å². The molecule has 2 rings (SSSR count). The van der Waals surface area contributed by atoms with Crippen LogP contribution in [-0.4, -0.2) is 28.3 Å². The number of amides is 1. The Labute approximate surface area is 124 Å². The molecule has 1 amide bonds. The molecule has 21 heavy (non-hydrogen) atoms. The van der Waals surface area contributed by atoms with E-state index in [0.717, 1.165) is 24.8 Å². The van der Waals surface area contributed by atoms with Gasteiger partial charge >= 0.3 is 0 Å². The lowest BCUT2D eigenvalue weighted by Gasteiger charge is -2.32. The first kappa shape index (κ1) is 15.4. The highest BCUT2D eigenvalue weighted by Crippen LogP contribution is 2.29. The lowest BCUT2D eigenvalue weighted by Crippen LogP contribution is -2.39. The monoisotopic (exact) mass is 291 g/mol. The van der Waals surface area contributed by atoms with Gasteiger partial charge in [0, 0.05) is 18.2 Å². The second kappa shape index (κ2) is 6.67. The van der Waals surface area contributed by atoms with Crippen LogP contribution in [0.3, 0.4) is 0 Å². The van der Waals surface area contributed by atoms with Gasteiger partial charge in [0.15, 0.2) is 0 Å². The van der Waals surface area contributed by atoms with Crippen LogP contribution in [0.1, 0.15) is 44.8 Å². The summed E-state index contributed by atoms with van der Waals surface area (Å²) in [4.78, 5) is 24.5. The van der Waals surface area contributed by atoms with Crippen LogP contribution in [0, 0.1) is 10.1 Å². The van der Waals surface area contributed by atoms with Crippen molar-refractivity contribution in [1.82, 2.24) is 10.2 Å². The lowest BCUT2D eigenvalue weighted by atomic mass is 10.0. The van der Waals surface area contributed by atoms with E-state index in [1.54, 1.807) is 12.1 Å². The SMILES string of the molecule is CCCC(CC)N1C(=O)CNC1c1cccc([N+](=O)[O-])c1. The number of nitro groups is 1. The summed E-state index contributed by atoms with van der Waals surface area (Å²) in [7, 11) is 0. The molecule has 0 saturated carbocycles. The molecule has 2 unspecified atom stereocenters. The molecule has 0 bridgehead atoms. The fourth-order valence-electron chi connectivity index (χ4n) is 2.89. The molecule has 0 aliphatic carbocycles. The van der Waals surface area contributed by atoms with Gasteiger partial charge in [0.2, 0.25) is 5.91 Å². The Bertz CT molecular complexity index is 533. The molecule has 6 nitrogen and oxygen atoms in total. The molecule has 1 saturated heterocycles. The standard InChI is InChI=1S/C15H21N3O3/c1-3-6-12(4-2)17-14(19)10-16-15(17)11-7-5-8-13(9-11)18(20)21/h5,7-9,12,15-16H,3-4,6,10H2,1-2H3. The van der Waals surface area contributed by atoms with Crippen molar-refractivity contribution in [3.05, 3.63) is 39.9 Å². The second-order valence-corrected chi connectivity index (χ2v) is 5.29. The van der Waals surface area contributed by atoms with E-state index >= 15 is 0 Å². The highest BCUT2D eigenvalue weighted by atomic mass is 16.6. The van der Waals surface area contributed by atoms with Gasteiger partial charge in [-0.15, -0.1) is 0 Å². The van der Waals surface area contributed by atoms with Crippen LogP contribution in [-0.2, 0) is 4.79 Å². The average Bonchev–Trinajstić information content (AvgIpc) is 2.86. The van der Waals surface area contributed by atoms with Crippen molar-refractivity contribution in [3.63, 3.8) is 0 Å². The lowest BCUT2D eigenvalue weighted by molar-refractivity contribution is -0.385. The number of carbonyl (C=O) groups excluding carboxylic acids is 1. The molecule has 1 aliphatic rings. The number of nitrogens with one attached hydrogen (secondary N) is 1. The zero-order valence-corrected chi connectivity index (χ0v) is 12.4. The Morgan fingerprint density at radius 3 is 2.86 bits per heavy atom. The predicted molar refractivity (Wildman–Crippen MR) is 79.7 cm³/mol. The van der Waals surface area contributed by atoms with Crippen LogP contribution in [0.5, 0.6) is 0 Å². The van der Waals surface area contributed by atoms with E-state index in [9.17, 15) is 14.9 Å². The van der Waals surface area contributed by atoms with Gasteiger partial charge < -0.3 is 4.90 Å². The third kappa shape index (κ3) is 3.21. The number of carbonyl (C=O) groups is 1. The topological polar surface area (TPSA) is 75.5 Å². The maximum absolute atomic E-state index is 12.2. The van der Waals surface area contributed by atoms with Crippen LogP contribution in [0.2, 0.25) is 0 Å². The first-order valence-corrected chi connectivity index (χ1v) is 7.37. The number of nitro benzene ring substituents is 1. The van der Waals surface area contributed by atoms with Crippen molar-refractivity contribution in [2.75, 3.05) is 6.54 Å². The number of rotatable bonds is 6. The van der Waals surface area contributed by atoms with Crippen LogP contribution in [0.25, 0.3) is 0 Å². The third-order valence-corrected chi connectivity index (χ3v) is 3.90. The fourth-order valence-corrected chi connectivity index (χ4v) is 2.89.